The minimum Gasteiger partial charge on any atom is -0.321 e. The molecule has 0 aliphatic rings. The van der Waals surface area contributed by atoms with Gasteiger partial charge in [-0.3, -0.25) is 4.79 Å². The SMILES string of the molecule is Cc1cc(C)nc(NS(=O)(=O)c2ccc(NC(=O)c3cc4nc(-c5ccc(F)cc5)cc(C(F)(F)F)n4n3)cc2)n1. The molecule has 0 unspecified atom stereocenters. The van der Waals surface area contributed by atoms with Crippen molar-refractivity contribution in [3.8, 4) is 11.3 Å². The van der Waals surface area contributed by atoms with Crippen LogP contribution in [-0.4, -0.2) is 38.9 Å². The summed E-state index contributed by atoms with van der Waals surface area (Å²) in [4.78, 5) is 24.9. The highest BCUT2D eigenvalue weighted by molar-refractivity contribution is 7.92. The maximum absolute atomic E-state index is 13.8. The number of rotatable bonds is 6. The first kappa shape index (κ1) is 27.6. The van der Waals surface area contributed by atoms with Crippen LogP contribution in [0, 0.1) is 19.7 Å². The molecule has 0 saturated carbocycles. The summed E-state index contributed by atoms with van der Waals surface area (Å²) in [6, 6.07) is 13.3. The molecule has 0 bridgehead atoms. The van der Waals surface area contributed by atoms with Crippen LogP contribution in [0.15, 0.2) is 71.6 Å². The van der Waals surface area contributed by atoms with Crippen LogP contribution in [0.2, 0.25) is 0 Å². The van der Waals surface area contributed by atoms with Crippen molar-refractivity contribution in [3.05, 3.63) is 95.3 Å². The Morgan fingerprint density at radius 1 is 0.878 bits per heavy atom. The van der Waals surface area contributed by atoms with Crippen LogP contribution in [0.25, 0.3) is 16.9 Å². The average molecular weight is 586 g/mol. The minimum atomic E-state index is -4.84. The van der Waals surface area contributed by atoms with Gasteiger partial charge in [0.25, 0.3) is 15.9 Å². The van der Waals surface area contributed by atoms with Crippen molar-refractivity contribution < 1.29 is 30.8 Å². The van der Waals surface area contributed by atoms with Gasteiger partial charge in [0.1, 0.15) is 5.82 Å². The van der Waals surface area contributed by atoms with Crippen molar-refractivity contribution >= 4 is 33.2 Å². The van der Waals surface area contributed by atoms with Gasteiger partial charge in [-0.25, -0.2) is 37.0 Å². The fraction of sp³-hybridized carbons (Fsp3) is 0.115. The van der Waals surface area contributed by atoms with Crippen LogP contribution in [0.3, 0.4) is 0 Å². The van der Waals surface area contributed by atoms with E-state index in [2.05, 4.69) is 30.1 Å². The van der Waals surface area contributed by atoms with Gasteiger partial charge in [0.15, 0.2) is 17.0 Å². The number of carbonyl (C=O) groups is 1. The first-order chi connectivity index (χ1) is 19.3. The Labute approximate surface area is 230 Å². The second-order valence-electron chi connectivity index (χ2n) is 8.89. The van der Waals surface area contributed by atoms with E-state index in [0.29, 0.717) is 15.9 Å². The molecule has 0 fully saturated rings. The highest BCUT2D eigenvalue weighted by Gasteiger charge is 2.35. The van der Waals surface area contributed by atoms with Crippen molar-refractivity contribution in [1.82, 2.24) is 24.6 Å². The molecule has 1 amide bonds. The summed E-state index contributed by atoms with van der Waals surface area (Å²) in [6.45, 7) is 3.38. The number of alkyl halides is 3. The van der Waals surface area contributed by atoms with Gasteiger partial charge in [0, 0.05) is 28.7 Å². The Balaban J connectivity index is 1.39. The lowest BCUT2D eigenvalue weighted by Gasteiger charge is -2.11. The van der Waals surface area contributed by atoms with Crippen LogP contribution >= 0.6 is 0 Å². The number of nitrogens with one attached hydrogen (secondary N) is 2. The summed E-state index contributed by atoms with van der Waals surface area (Å²) in [5.41, 5.74) is -0.363. The zero-order valence-electron chi connectivity index (χ0n) is 21.2. The molecule has 5 aromatic rings. The molecular formula is C26H19F4N7O3S. The number of halogens is 4. The monoisotopic (exact) mass is 585 g/mol. The van der Waals surface area contributed by atoms with Gasteiger partial charge in [-0.2, -0.15) is 18.3 Å². The molecular weight excluding hydrogens is 566 g/mol. The second-order valence-corrected chi connectivity index (χ2v) is 10.6. The third-order valence-corrected chi connectivity index (χ3v) is 7.06. The topological polar surface area (TPSA) is 131 Å². The van der Waals surface area contributed by atoms with E-state index in [1.54, 1.807) is 19.9 Å². The molecule has 10 nitrogen and oxygen atoms in total. The third-order valence-electron chi connectivity index (χ3n) is 5.72. The molecule has 5 rings (SSSR count). The predicted molar refractivity (Wildman–Crippen MR) is 140 cm³/mol. The summed E-state index contributed by atoms with van der Waals surface area (Å²) in [6.07, 6.45) is -4.84. The number of amides is 1. The largest absolute Gasteiger partial charge is 0.433 e. The van der Waals surface area contributed by atoms with Crippen molar-refractivity contribution in [1.29, 1.82) is 0 Å². The minimum absolute atomic E-state index is 0.0895. The number of aromatic nitrogens is 5. The summed E-state index contributed by atoms with van der Waals surface area (Å²) < 4.78 is 83.0. The maximum atomic E-state index is 13.8. The molecule has 2 N–H and O–H groups in total. The van der Waals surface area contributed by atoms with Crippen molar-refractivity contribution in [3.63, 3.8) is 0 Å². The first-order valence-electron chi connectivity index (χ1n) is 11.8. The molecule has 0 aliphatic heterocycles. The van der Waals surface area contributed by atoms with Gasteiger partial charge < -0.3 is 5.32 Å². The van der Waals surface area contributed by atoms with Gasteiger partial charge in [0.2, 0.25) is 5.95 Å². The van der Waals surface area contributed by atoms with Crippen LogP contribution < -0.4 is 10.0 Å². The Kier molecular flexibility index (Phi) is 6.90. The summed E-state index contributed by atoms with van der Waals surface area (Å²) in [5.74, 6) is -1.52. The Hall–Kier alpha value is -4.92. The normalized spacial score (nSPS) is 12.0. The number of hydrogen-bond donors (Lipinski definition) is 2. The summed E-state index contributed by atoms with van der Waals surface area (Å²) in [7, 11) is -4.05. The van der Waals surface area contributed by atoms with Gasteiger partial charge in [-0.05, 0) is 74.5 Å². The van der Waals surface area contributed by atoms with Crippen LogP contribution in [0.1, 0.15) is 27.6 Å². The number of hydrogen-bond acceptors (Lipinski definition) is 7. The number of sulfonamides is 1. The quantitative estimate of drug-likeness (QED) is 0.268. The molecule has 0 atom stereocenters. The van der Waals surface area contributed by atoms with Gasteiger partial charge in [-0.1, -0.05) is 0 Å². The van der Waals surface area contributed by atoms with Gasteiger partial charge in [0.05, 0.1) is 10.6 Å². The first-order valence-corrected chi connectivity index (χ1v) is 13.3. The smallest absolute Gasteiger partial charge is 0.321 e. The molecule has 15 heteroatoms. The highest BCUT2D eigenvalue weighted by atomic mass is 32.2. The Morgan fingerprint density at radius 3 is 2.12 bits per heavy atom. The molecule has 0 radical (unpaired) electrons. The van der Waals surface area contributed by atoms with Gasteiger partial charge in [-0.15, -0.1) is 0 Å². The number of carbonyl (C=O) groups excluding carboxylic acids is 1. The standard InChI is InChI=1S/C26H19F4N7O3S/c1-14-11-15(2)32-25(31-14)36-41(39,40)19-9-7-18(8-10-19)33-24(38)21-13-23-34-20(16-3-5-17(27)6-4-16)12-22(26(28,29)30)37(23)35-21/h3-13H,1-2H3,(H,33,38)(H,31,32,36). The number of nitrogens with zero attached hydrogens (tertiary/aromatic N) is 5. The van der Waals surface area contributed by atoms with E-state index in [0.717, 1.165) is 24.3 Å². The van der Waals surface area contributed by atoms with Crippen molar-refractivity contribution in [2.24, 2.45) is 0 Å². The third kappa shape index (κ3) is 5.99. The Bertz CT molecular complexity index is 1870. The molecule has 0 aliphatic carbocycles. The fourth-order valence-corrected chi connectivity index (χ4v) is 4.86. The van der Waals surface area contributed by atoms with Crippen LogP contribution in [0.5, 0.6) is 0 Å². The molecule has 41 heavy (non-hydrogen) atoms. The fourth-order valence-electron chi connectivity index (χ4n) is 3.92. The van der Waals surface area contributed by atoms with Crippen molar-refractivity contribution in [2.45, 2.75) is 24.9 Å². The Morgan fingerprint density at radius 2 is 1.51 bits per heavy atom. The van der Waals surface area contributed by atoms with Gasteiger partial charge >= 0.3 is 6.18 Å². The van der Waals surface area contributed by atoms with Crippen molar-refractivity contribution in [2.75, 3.05) is 10.0 Å². The molecule has 3 aromatic heterocycles. The molecule has 210 valence electrons. The van der Waals surface area contributed by atoms with Crippen LogP contribution in [-0.2, 0) is 16.2 Å². The van der Waals surface area contributed by atoms with E-state index in [1.807, 2.05) is 0 Å². The highest BCUT2D eigenvalue weighted by Crippen LogP contribution is 2.32. The van der Waals surface area contributed by atoms with Crippen LogP contribution in [0.4, 0.5) is 29.2 Å². The second kappa shape index (κ2) is 10.2. The average Bonchev–Trinajstić information content (AvgIpc) is 3.32. The lowest BCUT2D eigenvalue weighted by atomic mass is 10.1. The number of fused-ring (bicyclic) bond motifs is 1. The van der Waals surface area contributed by atoms with E-state index in [9.17, 15) is 30.8 Å². The predicted octanol–water partition coefficient (Wildman–Crippen LogP) is 5.01. The molecule has 0 spiro atoms. The molecule has 3 heterocycles. The molecule has 2 aromatic carbocycles. The maximum Gasteiger partial charge on any atom is 0.433 e. The number of benzene rings is 2. The summed E-state index contributed by atoms with van der Waals surface area (Å²) in [5, 5.41) is 6.25. The lowest BCUT2D eigenvalue weighted by Crippen LogP contribution is -2.17. The number of aryl methyl sites for hydroxylation is 2. The van der Waals surface area contributed by atoms with E-state index < -0.39 is 33.6 Å². The lowest BCUT2D eigenvalue weighted by molar-refractivity contribution is -0.142. The van der Waals surface area contributed by atoms with E-state index in [4.69, 9.17) is 0 Å². The van der Waals surface area contributed by atoms with E-state index in [-0.39, 0.29) is 39.1 Å². The van der Waals surface area contributed by atoms with E-state index in [1.165, 1.54) is 36.4 Å². The zero-order chi connectivity index (χ0) is 29.5. The summed E-state index contributed by atoms with van der Waals surface area (Å²) >= 11 is 0. The van der Waals surface area contributed by atoms with E-state index >= 15 is 0 Å². The number of anilines is 2. The molecule has 0 saturated heterocycles. The zero-order valence-corrected chi connectivity index (χ0v) is 22.0.